The first-order valence-electron chi connectivity index (χ1n) is 6.32. The Hall–Kier alpha value is -1.96. The van der Waals surface area contributed by atoms with Crippen molar-refractivity contribution in [2.24, 2.45) is 0 Å². The topological polar surface area (TPSA) is 62.3 Å². The molecule has 1 unspecified atom stereocenters. The van der Waals surface area contributed by atoms with E-state index in [1.54, 1.807) is 6.07 Å². The van der Waals surface area contributed by atoms with Gasteiger partial charge in [0.25, 0.3) is 0 Å². The molecule has 0 saturated carbocycles. The number of hydrogen-bond acceptors (Lipinski definition) is 4. The number of nitrogens with two attached hydrogens (primary N) is 1. The Bertz CT molecular complexity index is 470. The van der Waals surface area contributed by atoms with Gasteiger partial charge in [-0.3, -0.25) is 0 Å². The molecule has 0 aliphatic heterocycles. The molecule has 2 N–H and O–H groups in total. The highest BCUT2D eigenvalue weighted by Gasteiger charge is 2.16. The van der Waals surface area contributed by atoms with Crippen molar-refractivity contribution in [3.63, 3.8) is 0 Å². The molecule has 0 bridgehead atoms. The van der Waals surface area contributed by atoms with E-state index in [-0.39, 0.29) is 11.8 Å². The molecule has 0 radical (unpaired) electrons. The fourth-order valence-corrected chi connectivity index (χ4v) is 1.69. The van der Waals surface area contributed by atoms with Gasteiger partial charge in [-0.2, -0.15) is 5.26 Å². The van der Waals surface area contributed by atoms with E-state index in [2.05, 4.69) is 6.07 Å². The van der Waals surface area contributed by atoms with Crippen molar-refractivity contribution in [1.29, 1.82) is 5.26 Å². The zero-order valence-electron chi connectivity index (χ0n) is 11.6. The van der Waals surface area contributed by atoms with E-state index in [0.717, 1.165) is 6.42 Å². The zero-order chi connectivity index (χ0) is 14.4. The summed E-state index contributed by atoms with van der Waals surface area (Å²) < 4.78 is 19.0. The predicted octanol–water partition coefficient (Wildman–Crippen LogP) is 2.94. The minimum atomic E-state index is -0.462. The summed E-state index contributed by atoms with van der Waals surface area (Å²) in [4.78, 5) is 1.86. The molecule has 1 aromatic carbocycles. The molecule has 0 aromatic heterocycles. The quantitative estimate of drug-likeness (QED) is 0.803. The van der Waals surface area contributed by atoms with E-state index >= 15 is 0 Å². The molecule has 0 aliphatic rings. The predicted molar refractivity (Wildman–Crippen MR) is 74.7 cm³/mol. The van der Waals surface area contributed by atoms with Gasteiger partial charge in [0.1, 0.15) is 0 Å². The molecule has 1 aromatic rings. The van der Waals surface area contributed by atoms with Crippen LogP contribution >= 0.6 is 0 Å². The van der Waals surface area contributed by atoms with Crippen LogP contribution in [0.5, 0.6) is 5.75 Å². The number of hydrogen-bond donors (Lipinski definition) is 1. The van der Waals surface area contributed by atoms with E-state index in [0.29, 0.717) is 24.4 Å². The molecule has 4 nitrogen and oxygen atoms in total. The molecular formula is C14H20FN3O. The van der Waals surface area contributed by atoms with Crippen molar-refractivity contribution < 1.29 is 9.13 Å². The average Bonchev–Trinajstić information content (AvgIpc) is 2.37. The third-order valence-corrected chi connectivity index (χ3v) is 2.97. The summed E-state index contributed by atoms with van der Waals surface area (Å²) in [7, 11) is 1.83. The third-order valence-electron chi connectivity index (χ3n) is 2.97. The zero-order valence-corrected chi connectivity index (χ0v) is 11.6. The van der Waals surface area contributed by atoms with E-state index in [1.165, 1.54) is 6.07 Å². The largest absolute Gasteiger partial charge is 0.490 e. The van der Waals surface area contributed by atoms with E-state index < -0.39 is 5.82 Å². The summed E-state index contributed by atoms with van der Waals surface area (Å²) in [5, 5.41) is 8.72. The number of anilines is 2. The average molecular weight is 265 g/mol. The number of benzene rings is 1. The first-order valence-corrected chi connectivity index (χ1v) is 6.32. The van der Waals surface area contributed by atoms with Gasteiger partial charge in [-0.05, 0) is 13.3 Å². The second-order valence-corrected chi connectivity index (χ2v) is 4.51. The van der Waals surface area contributed by atoms with E-state index in [1.807, 2.05) is 25.8 Å². The van der Waals surface area contributed by atoms with Crippen LogP contribution in [0.1, 0.15) is 26.7 Å². The summed E-state index contributed by atoms with van der Waals surface area (Å²) in [5.74, 6) is -0.266. The maximum absolute atomic E-state index is 13.7. The molecule has 104 valence electrons. The van der Waals surface area contributed by atoms with Crippen LogP contribution in [0.2, 0.25) is 0 Å². The second kappa shape index (κ2) is 6.83. The molecule has 5 heteroatoms. The minimum absolute atomic E-state index is 0.00298. The van der Waals surface area contributed by atoms with Gasteiger partial charge in [-0.25, -0.2) is 4.39 Å². The molecule has 0 spiro atoms. The van der Waals surface area contributed by atoms with Crippen molar-refractivity contribution >= 4 is 11.4 Å². The molecule has 1 atom stereocenters. The van der Waals surface area contributed by atoms with Crippen molar-refractivity contribution in [2.45, 2.75) is 32.7 Å². The van der Waals surface area contributed by atoms with Crippen LogP contribution in [0.25, 0.3) is 0 Å². The van der Waals surface area contributed by atoms with Crippen molar-refractivity contribution in [2.75, 3.05) is 24.3 Å². The first kappa shape index (κ1) is 15.1. The smallest absolute Gasteiger partial charge is 0.167 e. The van der Waals surface area contributed by atoms with Gasteiger partial charge < -0.3 is 15.4 Å². The third kappa shape index (κ3) is 3.75. The van der Waals surface area contributed by atoms with E-state index in [9.17, 15) is 4.39 Å². The summed E-state index contributed by atoms with van der Waals surface area (Å²) in [6.45, 7) is 4.33. The van der Waals surface area contributed by atoms with Crippen LogP contribution in [-0.4, -0.2) is 19.7 Å². The Kier molecular flexibility index (Phi) is 5.43. The van der Waals surface area contributed by atoms with Crippen molar-refractivity contribution in [1.82, 2.24) is 0 Å². The van der Waals surface area contributed by atoms with Gasteiger partial charge in [-0.1, -0.05) is 6.92 Å². The Morgan fingerprint density at radius 2 is 2.21 bits per heavy atom. The number of nitrogen functional groups attached to an aromatic ring is 1. The minimum Gasteiger partial charge on any atom is -0.490 e. The summed E-state index contributed by atoms with van der Waals surface area (Å²) in [6.07, 6.45) is 1.18. The normalized spacial score (nSPS) is 11.7. The summed E-state index contributed by atoms with van der Waals surface area (Å²) >= 11 is 0. The van der Waals surface area contributed by atoms with Gasteiger partial charge in [0.15, 0.2) is 11.6 Å². The summed E-state index contributed by atoms with van der Waals surface area (Å²) in [5.41, 5.74) is 6.85. The molecule has 1 rings (SSSR count). The Morgan fingerprint density at radius 1 is 1.53 bits per heavy atom. The molecule has 0 fully saturated rings. The Balaban J connectivity index is 3.03. The molecule has 0 amide bonds. The standard InChI is InChI=1S/C14H20FN3O/c1-4-7-19-14-9-13(12(17)8-11(14)15)18(3)10(2)5-6-16/h8-10H,4-5,7,17H2,1-3H3. The molecule has 0 saturated heterocycles. The highest BCUT2D eigenvalue weighted by Crippen LogP contribution is 2.31. The van der Waals surface area contributed by atoms with Crippen LogP contribution in [-0.2, 0) is 0 Å². The molecular weight excluding hydrogens is 245 g/mol. The van der Waals surface area contributed by atoms with Gasteiger partial charge in [-0.15, -0.1) is 0 Å². The Labute approximate surface area is 113 Å². The SMILES string of the molecule is CCCOc1cc(N(C)C(C)CC#N)c(N)cc1F. The molecule has 0 heterocycles. The number of ether oxygens (including phenoxy) is 1. The van der Waals surface area contributed by atoms with Crippen LogP contribution < -0.4 is 15.4 Å². The molecule has 0 aliphatic carbocycles. The van der Waals surface area contributed by atoms with Gasteiger partial charge in [0.05, 0.1) is 30.5 Å². The lowest BCUT2D eigenvalue weighted by Crippen LogP contribution is -2.29. The number of rotatable bonds is 6. The lowest BCUT2D eigenvalue weighted by Gasteiger charge is -2.27. The van der Waals surface area contributed by atoms with Crippen LogP contribution in [0.4, 0.5) is 15.8 Å². The summed E-state index contributed by atoms with van der Waals surface area (Å²) in [6, 6.07) is 4.96. The lowest BCUT2D eigenvalue weighted by molar-refractivity contribution is 0.301. The fourth-order valence-electron chi connectivity index (χ4n) is 1.69. The Morgan fingerprint density at radius 3 is 2.79 bits per heavy atom. The van der Waals surface area contributed by atoms with Crippen LogP contribution in [0, 0.1) is 17.1 Å². The highest BCUT2D eigenvalue weighted by atomic mass is 19.1. The van der Waals surface area contributed by atoms with Crippen LogP contribution in [0.3, 0.4) is 0 Å². The van der Waals surface area contributed by atoms with Crippen LogP contribution in [0.15, 0.2) is 12.1 Å². The monoisotopic (exact) mass is 265 g/mol. The lowest BCUT2D eigenvalue weighted by atomic mass is 10.1. The van der Waals surface area contributed by atoms with E-state index in [4.69, 9.17) is 15.7 Å². The number of nitriles is 1. The first-order chi connectivity index (χ1) is 9.01. The van der Waals surface area contributed by atoms with Gasteiger partial charge in [0, 0.05) is 25.2 Å². The second-order valence-electron chi connectivity index (χ2n) is 4.51. The van der Waals surface area contributed by atoms with Gasteiger partial charge >= 0.3 is 0 Å². The van der Waals surface area contributed by atoms with Crippen molar-refractivity contribution in [3.05, 3.63) is 17.9 Å². The molecule has 19 heavy (non-hydrogen) atoms. The highest BCUT2D eigenvalue weighted by molar-refractivity contribution is 5.70. The van der Waals surface area contributed by atoms with Gasteiger partial charge in [0.2, 0.25) is 0 Å². The fraction of sp³-hybridized carbons (Fsp3) is 0.500. The van der Waals surface area contributed by atoms with Crippen molar-refractivity contribution in [3.8, 4) is 11.8 Å². The number of halogens is 1. The number of nitrogens with zero attached hydrogens (tertiary/aromatic N) is 2. The maximum atomic E-state index is 13.7. The maximum Gasteiger partial charge on any atom is 0.167 e.